The third-order valence-electron chi connectivity index (χ3n) is 3.92. The van der Waals surface area contributed by atoms with E-state index in [1.54, 1.807) is 7.05 Å². The highest BCUT2D eigenvalue weighted by Crippen LogP contribution is 2.28. The summed E-state index contributed by atoms with van der Waals surface area (Å²) in [7, 11) is -1.19. The molecule has 23 heavy (non-hydrogen) atoms. The van der Waals surface area contributed by atoms with Crippen LogP contribution in [0.25, 0.3) is 0 Å². The fourth-order valence-electron chi connectivity index (χ4n) is 2.67. The zero-order valence-corrected chi connectivity index (χ0v) is 17.5. The number of guanidine groups is 1. The first-order valence-corrected chi connectivity index (χ1v) is 10.3. The fourth-order valence-corrected chi connectivity index (χ4v) is 3.09. The lowest BCUT2D eigenvalue weighted by atomic mass is 10.0. The van der Waals surface area contributed by atoms with E-state index in [4.69, 9.17) is 4.74 Å². The fraction of sp³-hybridized carbons (Fsp3) is 0.933. The van der Waals surface area contributed by atoms with Crippen LogP contribution in [0.2, 0.25) is 0 Å². The number of hydrogen-bond acceptors (Lipinski definition) is 4. The minimum absolute atomic E-state index is 0. The molecule has 0 spiro atoms. The quantitative estimate of drug-likeness (QED) is 0.225. The molecule has 1 aliphatic rings. The lowest BCUT2D eigenvalue weighted by molar-refractivity contribution is 0.154. The van der Waals surface area contributed by atoms with Gasteiger partial charge in [-0.3, -0.25) is 4.99 Å². The molecule has 6 nitrogen and oxygen atoms in total. The highest BCUT2D eigenvalue weighted by Gasteiger charge is 2.13. The molecule has 0 aromatic heterocycles. The van der Waals surface area contributed by atoms with E-state index < -0.39 is 9.84 Å². The number of halogens is 1. The molecule has 1 saturated carbocycles. The highest BCUT2D eigenvalue weighted by molar-refractivity contribution is 14.0. The van der Waals surface area contributed by atoms with Crippen molar-refractivity contribution in [2.45, 2.75) is 38.5 Å². The first-order valence-electron chi connectivity index (χ1n) is 8.21. The van der Waals surface area contributed by atoms with Gasteiger partial charge in [-0.1, -0.05) is 25.7 Å². The van der Waals surface area contributed by atoms with Gasteiger partial charge in [0, 0.05) is 26.4 Å². The Morgan fingerprint density at radius 2 is 1.83 bits per heavy atom. The first kappa shape index (κ1) is 22.9. The van der Waals surface area contributed by atoms with Crippen LogP contribution in [0.4, 0.5) is 0 Å². The van der Waals surface area contributed by atoms with Crippen LogP contribution < -0.4 is 10.6 Å². The van der Waals surface area contributed by atoms with Gasteiger partial charge in [0.15, 0.2) is 5.96 Å². The second-order valence-corrected chi connectivity index (χ2v) is 8.22. The third-order valence-corrected chi connectivity index (χ3v) is 4.83. The predicted molar refractivity (Wildman–Crippen MR) is 107 cm³/mol. The largest absolute Gasteiger partial charge is 0.379 e. The maximum Gasteiger partial charge on any atom is 0.191 e. The Bertz CT molecular complexity index is 424. The summed E-state index contributed by atoms with van der Waals surface area (Å²) >= 11 is 0. The summed E-state index contributed by atoms with van der Waals surface area (Å²) in [6.45, 7) is 2.27. The van der Waals surface area contributed by atoms with Gasteiger partial charge in [0.1, 0.15) is 9.84 Å². The molecule has 0 amide bonds. The molecule has 0 aromatic rings. The molecule has 1 rings (SSSR count). The number of ether oxygens (including phenoxy) is 1. The van der Waals surface area contributed by atoms with Crippen molar-refractivity contribution in [3.8, 4) is 0 Å². The number of sulfone groups is 1. The van der Waals surface area contributed by atoms with Crippen molar-refractivity contribution in [3.05, 3.63) is 0 Å². The summed E-state index contributed by atoms with van der Waals surface area (Å²) in [6, 6.07) is 0. The summed E-state index contributed by atoms with van der Waals surface area (Å²) < 4.78 is 27.1. The van der Waals surface area contributed by atoms with Crippen molar-refractivity contribution >= 4 is 39.8 Å². The minimum Gasteiger partial charge on any atom is -0.379 e. The van der Waals surface area contributed by atoms with Crippen LogP contribution in [0.3, 0.4) is 0 Å². The van der Waals surface area contributed by atoms with Crippen LogP contribution in [-0.4, -0.2) is 59.7 Å². The number of hydrogen-bond donors (Lipinski definition) is 2. The molecule has 0 bridgehead atoms. The zero-order chi connectivity index (χ0) is 16.3. The Labute approximate surface area is 158 Å². The standard InChI is InChI=1S/C15H31N3O3S.HI/c1-16-15(17-9-5-8-14-6-3-4-7-14)18-10-11-21-12-13-22(2,19)20;/h14H,3-13H2,1-2H3,(H2,16,17,18);1H. The Morgan fingerprint density at radius 3 is 2.43 bits per heavy atom. The SMILES string of the molecule is CN=C(NCCCC1CCCC1)NCCOCCS(C)(=O)=O.I. The van der Waals surface area contributed by atoms with Crippen LogP contribution in [0, 0.1) is 5.92 Å². The van der Waals surface area contributed by atoms with E-state index in [0.717, 1.165) is 18.4 Å². The molecule has 0 aliphatic heterocycles. The van der Waals surface area contributed by atoms with Crippen LogP contribution >= 0.6 is 24.0 Å². The van der Waals surface area contributed by atoms with Crippen molar-refractivity contribution in [3.63, 3.8) is 0 Å². The lowest BCUT2D eigenvalue weighted by Gasteiger charge is -2.13. The number of aliphatic imine (C=N–C) groups is 1. The molecule has 1 aliphatic carbocycles. The number of nitrogens with zero attached hydrogens (tertiary/aromatic N) is 1. The van der Waals surface area contributed by atoms with Gasteiger partial charge in [-0.25, -0.2) is 8.42 Å². The lowest BCUT2D eigenvalue weighted by Crippen LogP contribution is -2.39. The molecule has 138 valence electrons. The number of nitrogens with one attached hydrogen (secondary N) is 2. The van der Waals surface area contributed by atoms with Crippen LogP contribution in [0.5, 0.6) is 0 Å². The first-order chi connectivity index (χ1) is 10.5. The summed E-state index contributed by atoms with van der Waals surface area (Å²) in [5, 5.41) is 6.46. The van der Waals surface area contributed by atoms with Crippen molar-refractivity contribution in [2.75, 3.05) is 45.4 Å². The molecule has 0 unspecified atom stereocenters. The minimum atomic E-state index is -2.94. The van der Waals surface area contributed by atoms with E-state index in [0.29, 0.717) is 13.2 Å². The van der Waals surface area contributed by atoms with Gasteiger partial charge in [-0.05, 0) is 18.8 Å². The molecular formula is C15H32IN3O3S. The summed E-state index contributed by atoms with van der Waals surface area (Å²) in [4.78, 5) is 4.16. The zero-order valence-electron chi connectivity index (χ0n) is 14.3. The van der Waals surface area contributed by atoms with E-state index in [1.807, 2.05) is 0 Å². The third kappa shape index (κ3) is 12.9. The van der Waals surface area contributed by atoms with Gasteiger partial charge in [-0.2, -0.15) is 0 Å². The molecular weight excluding hydrogens is 429 g/mol. The predicted octanol–water partition coefficient (Wildman–Crippen LogP) is 1.80. The van der Waals surface area contributed by atoms with E-state index in [2.05, 4.69) is 15.6 Å². The van der Waals surface area contributed by atoms with Crippen molar-refractivity contribution in [2.24, 2.45) is 10.9 Å². The van der Waals surface area contributed by atoms with Gasteiger partial charge in [0.25, 0.3) is 0 Å². The van der Waals surface area contributed by atoms with E-state index >= 15 is 0 Å². The molecule has 0 atom stereocenters. The van der Waals surface area contributed by atoms with Gasteiger partial charge < -0.3 is 15.4 Å². The van der Waals surface area contributed by atoms with Crippen molar-refractivity contribution < 1.29 is 13.2 Å². The van der Waals surface area contributed by atoms with Gasteiger partial charge in [-0.15, -0.1) is 24.0 Å². The molecule has 0 radical (unpaired) electrons. The smallest absolute Gasteiger partial charge is 0.191 e. The molecule has 0 heterocycles. The van der Waals surface area contributed by atoms with Crippen molar-refractivity contribution in [1.29, 1.82) is 0 Å². The van der Waals surface area contributed by atoms with E-state index in [1.165, 1.54) is 44.8 Å². The summed E-state index contributed by atoms with van der Waals surface area (Å²) in [5.74, 6) is 1.78. The second-order valence-electron chi connectivity index (χ2n) is 5.96. The summed E-state index contributed by atoms with van der Waals surface area (Å²) in [5.41, 5.74) is 0. The van der Waals surface area contributed by atoms with Crippen LogP contribution in [0.15, 0.2) is 4.99 Å². The normalized spacial score (nSPS) is 16.2. The van der Waals surface area contributed by atoms with Gasteiger partial charge in [0.2, 0.25) is 0 Å². The Hall–Kier alpha value is -0.0900. The molecule has 8 heteroatoms. The van der Waals surface area contributed by atoms with Crippen LogP contribution in [0.1, 0.15) is 38.5 Å². The van der Waals surface area contributed by atoms with E-state index in [-0.39, 0.29) is 36.3 Å². The van der Waals surface area contributed by atoms with Gasteiger partial charge >= 0.3 is 0 Å². The number of rotatable bonds is 10. The average molecular weight is 461 g/mol. The molecule has 1 fully saturated rings. The van der Waals surface area contributed by atoms with Crippen molar-refractivity contribution in [1.82, 2.24) is 10.6 Å². The molecule has 0 aromatic carbocycles. The van der Waals surface area contributed by atoms with Crippen LogP contribution in [-0.2, 0) is 14.6 Å². The molecule has 2 N–H and O–H groups in total. The van der Waals surface area contributed by atoms with Gasteiger partial charge in [0.05, 0.1) is 19.0 Å². The topological polar surface area (TPSA) is 79.8 Å². The maximum atomic E-state index is 10.9. The summed E-state index contributed by atoms with van der Waals surface area (Å²) in [6.07, 6.45) is 9.30. The monoisotopic (exact) mass is 461 g/mol. The Kier molecular flexibility index (Phi) is 13.2. The highest BCUT2D eigenvalue weighted by atomic mass is 127. The Morgan fingerprint density at radius 1 is 1.17 bits per heavy atom. The maximum absolute atomic E-state index is 10.9. The second kappa shape index (κ2) is 13.2. The molecule has 0 saturated heterocycles. The van der Waals surface area contributed by atoms with E-state index in [9.17, 15) is 8.42 Å². The Balaban J connectivity index is 0.00000484. The average Bonchev–Trinajstić information content (AvgIpc) is 2.96.